The van der Waals surface area contributed by atoms with E-state index in [9.17, 15) is 0 Å². The minimum Gasteiger partial charge on any atom is -0.309 e. The molecule has 1 unspecified atom stereocenters. The van der Waals surface area contributed by atoms with Crippen LogP contribution in [0.25, 0.3) is 0 Å². The van der Waals surface area contributed by atoms with E-state index in [1.165, 1.54) is 16.0 Å². The van der Waals surface area contributed by atoms with Gasteiger partial charge in [0.05, 0.1) is 0 Å². The predicted molar refractivity (Wildman–Crippen MR) is 94.5 cm³/mol. The first-order valence-electron chi connectivity index (χ1n) is 7.29. The SMILES string of the molecule is CCNC(CSc1cccc(C)c1)c1ccc(C)c(Cl)c1. The molecule has 0 saturated heterocycles. The quantitative estimate of drug-likeness (QED) is 0.715. The Bertz CT molecular complexity index is 598. The Morgan fingerprint density at radius 2 is 1.95 bits per heavy atom. The minimum absolute atomic E-state index is 0.318. The van der Waals surface area contributed by atoms with Gasteiger partial charge in [0, 0.05) is 21.7 Å². The van der Waals surface area contributed by atoms with E-state index in [4.69, 9.17) is 11.6 Å². The lowest BCUT2D eigenvalue weighted by Crippen LogP contribution is -2.23. The van der Waals surface area contributed by atoms with Crippen molar-refractivity contribution in [3.63, 3.8) is 0 Å². The van der Waals surface area contributed by atoms with Crippen LogP contribution in [0.5, 0.6) is 0 Å². The first-order chi connectivity index (χ1) is 10.1. The highest BCUT2D eigenvalue weighted by Crippen LogP contribution is 2.27. The van der Waals surface area contributed by atoms with Crippen LogP contribution in [0.1, 0.15) is 29.7 Å². The van der Waals surface area contributed by atoms with Crippen LogP contribution in [-0.2, 0) is 0 Å². The van der Waals surface area contributed by atoms with Crippen LogP contribution in [0.15, 0.2) is 47.4 Å². The molecule has 0 aromatic heterocycles. The van der Waals surface area contributed by atoms with Crippen LogP contribution in [0.4, 0.5) is 0 Å². The summed E-state index contributed by atoms with van der Waals surface area (Å²) in [5, 5.41) is 4.39. The Hall–Kier alpha value is -0.960. The van der Waals surface area contributed by atoms with E-state index in [0.29, 0.717) is 6.04 Å². The van der Waals surface area contributed by atoms with Gasteiger partial charge in [-0.05, 0) is 49.7 Å². The zero-order valence-electron chi connectivity index (χ0n) is 12.8. The Kier molecular flexibility index (Phi) is 6.16. The van der Waals surface area contributed by atoms with Gasteiger partial charge in [-0.1, -0.05) is 48.4 Å². The van der Waals surface area contributed by atoms with Gasteiger partial charge in [-0.25, -0.2) is 0 Å². The fourth-order valence-electron chi connectivity index (χ4n) is 2.23. The lowest BCUT2D eigenvalue weighted by atomic mass is 10.1. The summed E-state index contributed by atoms with van der Waals surface area (Å²) < 4.78 is 0. The van der Waals surface area contributed by atoms with Crippen molar-refractivity contribution in [2.45, 2.75) is 31.7 Å². The van der Waals surface area contributed by atoms with E-state index < -0.39 is 0 Å². The number of benzene rings is 2. The Morgan fingerprint density at radius 1 is 1.14 bits per heavy atom. The molecule has 0 heterocycles. The van der Waals surface area contributed by atoms with E-state index in [1.807, 2.05) is 18.7 Å². The summed E-state index contributed by atoms with van der Waals surface area (Å²) in [7, 11) is 0. The molecule has 112 valence electrons. The van der Waals surface area contributed by atoms with E-state index in [-0.39, 0.29) is 0 Å². The molecule has 21 heavy (non-hydrogen) atoms. The van der Waals surface area contributed by atoms with Crippen LogP contribution >= 0.6 is 23.4 Å². The summed E-state index contributed by atoms with van der Waals surface area (Å²) in [5.74, 6) is 0.997. The van der Waals surface area contributed by atoms with Crippen molar-refractivity contribution in [3.05, 3.63) is 64.2 Å². The summed E-state index contributed by atoms with van der Waals surface area (Å²) in [4.78, 5) is 1.32. The molecule has 3 heteroatoms. The highest BCUT2D eigenvalue weighted by atomic mass is 35.5. The third-order valence-electron chi connectivity index (χ3n) is 3.45. The molecule has 0 spiro atoms. The van der Waals surface area contributed by atoms with Gasteiger partial charge in [-0.3, -0.25) is 0 Å². The lowest BCUT2D eigenvalue weighted by Gasteiger charge is -2.19. The second kappa shape index (κ2) is 7.88. The lowest BCUT2D eigenvalue weighted by molar-refractivity contribution is 0.606. The number of aryl methyl sites for hydroxylation is 2. The van der Waals surface area contributed by atoms with E-state index >= 15 is 0 Å². The van der Waals surface area contributed by atoms with Gasteiger partial charge in [-0.15, -0.1) is 11.8 Å². The highest BCUT2D eigenvalue weighted by molar-refractivity contribution is 7.99. The number of nitrogens with one attached hydrogen (secondary N) is 1. The summed E-state index contributed by atoms with van der Waals surface area (Å²) in [5.41, 5.74) is 3.69. The summed E-state index contributed by atoms with van der Waals surface area (Å²) >= 11 is 8.14. The number of halogens is 1. The van der Waals surface area contributed by atoms with Crippen molar-refractivity contribution in [2.75, 3.05) is 12.3 Å². The van der Waals surface area contributed by atoms with E-state index in [1.54, 1.807) is 0 Å². The molecule has 0 saturated carbocycles. The molecule has 0 amide bonds. The van der Waals surface area contributed by atoms with Gasteiger partial charge < -0.3 is 5.32 Å². The molecule has 0 aliphatic rings. The highest BCUT2D eigenvalue weighted by Gasteiger charge is 2.12. The zero-order chi connectivity index (χ0) is 15.2. The molecule has 0 bridgehead atoms. The second-order valence-electron chi connectivity index (χ2n) is 5.25. The third kappa shape index (κ3) is 4.77. The maximum Gasteiger partial charge on any atom is 0.0438 e. The van der Waals surface area contributed by atoms with Crippen molar-refractivity contribution in [2.24, 2.45) is 0 Å². The predicted octanol–water partition coefficient (Wildman–Crippen LogP) is 5.40. The fourth-order valence-corrected chi connectivity index (χ4v) is 3.53. The van der Waals surface area contributed by atoms with E-state index in [2.05, 4.69) is 61.6 Å². The molecular weight excluding hydrogens is 298 g/mol. The van der Waals surface area contributed by atoms with Gasteiger partial charge >= 0.3 is 0 Å². The molecule has 1 atom stereocenters. The average molecular weight is 320 g/mol. The molecule has 2 aromatic rings. The fraction of sp³-hybridized carbons (Fsp3) is 0.333. The van der Waals surface area contributed by atoms with Gasteiger partial charge in [0.1, 0.15) is 0 Å². The summed E-state index contributed by atoms with van der Waals surface area (Å²) in [6, 6.07) is 15.3. The maximum atomic E-state index is 6.26. The second-order valence-corrected chi connectivity index (χ2v) is 6.75. The molecule has 0 aliphatic heterocycles. The van der Waals surface area contributed by atoms with Crippen LogP contribution in [0.2, 0.25) is 5.02 Å². The third-order valence-corrected chi connectivity index (χ3v) is 4.95. The van der Waals surface area contributed by atoms with E-state index in [0.717, 1.165) is 22.9 Å². The van der Waals surface area contributed by atoms with Crippen LogP contribution in [0.3, 0.4) is 0 Å². The van der Waals surface area contributed by atoms with Gasteiger partial charge in [0.15, 0.2) is 0 Å². The largest absolute Gasteiger partial charge is 0.309 e. The first kappa shape index (κ1) is 16.4. The molecule has 2 aromatic carbocycles. The van der Waals surface area contributed by atoms with Crippen molar-refractivity contribution in [1.29, 1.82) is 0 Å². The average Bonchev–Trinajstić information content (AvgIpc) is 2.46. The molecular formula is C18H22ClNS. The summed E-state index contributed by atoms with van der Waals surface area (Å²) in [6.07, 6.45) is 0. The number of hydrogen-bond donors (Lipinski definition) is 1. The molecule has 1 N–H and O–H groups in total. The van der Waals surface area contributed by atoms with Crippen LogP contribution < -0.4 is 5.32 Å². The van der Waals surface area contributed by atoms with Crippen LogP contribution in [-0.4, -0.2) is 12.3 Å². The molecule has 2 rings (SSSR count). The van der Waals surface area contributed by atoms with Gasteiger partial charge in [0.25, 0.3) is 0 Å². The zero-order valence-corrected chi connectivity index (χ0v) is 14.4. The first-order valence-corrected chi connectivity index (χ1v) is 8.65. The van der Waals surface area contributed by atoms with Gasteiger partial charge in [-0.2, -0.15) is 0 Å². The van der Waals surface area contributed by atoms with Crippen LogP contribution in [0, 0.1) is 13.8 Å². The van der Waals surface area contributed by atoms with Crippen molar-refractivity contribution in [1.82, 2.24) is 5.32 Å². The number of rotatable bonds is 6. The van der Waals surface area contributed by atoms with Gasteiger partial charge in [0.2, 0.25) is 0 Å². The monoisotopic (exact) mass is 319 g/mol. The molecule has 0 fully saturated rings. The normalized spacial score (nSPS) is 12.4. The van der Waals surface area contributed by atoms with Crippen molar-refractivity contribution in [3.8, 4) is 0 Å². The van der Waals surface area contributed by atoms with Crippen molar-refractivity contribution >= 4 is 23.4 Å². The molecule has 0 radical (unpaired) electrons. The minimum atomic E-state index is 0.318. The molecule has 1 nitrogen and oxygen atoms in total. The molecule has 0 aliphatic carbocycles. The summed E-state index contributed by atoms with van der Waals surface area (Å²) in [6.45, 7) is 7.26. The number of hydrogen-bond acceptors (Lipinski definition) is 2. The Balaban J connectivity index is 2.09. The smallest absolute Gasteiger partial charge is 0.0438 e. The number of thioether (sulfide) groups is 1. The van der Waals surface area contributed by atoms with Crippen molar-refractivity contribution < 1.29 is 0 Å². The standard InChI is InChI=1S/C18H22ClNS/c1-4-20-18(15-9-8-14(3)17(19)11-15)12-21-16-7-5-6-13(2)10-16/h5-11,18,20H,4,12H2,1-3H3. The maximum absolute atomic E-state index is 6.26. The Morgan fingerprint density at radius 3 is 2.62 bits per heavy atom. The Labute approximate surface area is 137 Å². The topological polar surface area (TPSA) is 12.0 Å².